The van der Waals surface area contributed by atoms with E-state index in [-0.39, 0.29) is 6.42 Å². The number of pyridine rings is 1. The van der Waals surface area contributed by atoms with E-state index in [0.717, 1.165) is 17.7 Å². The number of carboxylic acid groups (broad SMARTS) is 1. The minimum absolute atomic E-state index is 0.0830. The molecule has 0 unspecified atom stereocenters. The van der Waals surface area contributed by atoms with Crippen molar-refractivity contribution in [3.05, 3.63) is 71.6 Å². The molecule has 0 amide bonds. The lowest BCUT2D eigenvalue weighted by Crippen LogP contribution is -2.05. The fourth-order valence-electron chi connectivity index (χ4n) is 2.45. The Morgan fingerprint density at radius 2 is 1.88 bits per heavy atom. The second-order valence-corrected chi connectivity index (χ2v) is 5.58. The molecule has 1 aromatic heterocycles. The van der Waals surface area contributed by atoms with E-state index < -0.39 is 17.7 Å². The molecule has 2 aromatic rings. The molecule has 2 rings (SSSR count). The lowest BCUT2D eigenvalue weighted by molar-refractivity contribution is -0.138. The van der Waals surface area contributed by atoms with Gasteiger partial charge in [0.15, 0.2) is 0 Å². The molecule has 0 aliphatic heterocycles. The van der Waals surface area contributed by atoms with Gasteiger partial charge in [-0.25, -0.2) is 0 Å². The Morgan fingerprint density at radius 1 is 1.12 bits per heavy atom. The Labute approximate surface area is 143 Å². The molecule has 0 atom stereocenters. The molecule has 132 valence electrons. The summed E-state index contributed by atoms with van der Waals surface area (Å²) in [4.78, 5) is 14.6. The molecular formula is C19H18F3NO2. The first kappa shape index (κ1) is 18.7. The fraction of sp³-hybridized carbons (Fsp3) is 0.263. The Balaban J connectivity index is 2.28. The first-order valence-corrected chi connectivity index (χ1v) is 7.88. The van der Waals surface area contributed by atoms with Crippen LogP contribution in [-0.4, -0.2) is 16.1 Å². The lowest BCUT2D eigenvalue weighted by atomic mass is 9.96. The van der Waals surface area contributed by atoms with E-state index in [0.29, 0.717) is 30.4 Å². The standard InChI is InChI=1S/C19H18F3NO2/c20-19(21,22)16-8-4-6-14(12-16)17(15-7-5-11-23-13-15)9-2-1-3-10-18(24)25/h4-9,11-13H,1-3,10H2,(H,24,25). The van der Waals surface area contributed by atoms with Gasteiger partial charge in [0.1, 0.15) is 0 Å². The number of unbranched alkanes of at least 4 members (excludes halogenated alkanes) is 2. The van der Waals surface area contributed by atoms with E-state index in [1.807, 2.05) is 6.08 Å². The minimum Gasteiger partial charge on any atom is -0.481 e. The SMILES string of the molecule is O=C(O)CCCCC=C(c1cccnc1)c1cccc(C(F)(F)F)c1. The summed E-state index contributed by atoms with van der Waals surface area (Å²) in [6, 6.07) is 8.68. The van der Waals surface area contributed by atoms with Crippen LogP contribution in [0.15, 0.2) is 54.9 Å². The smallest absolute Gasteiger partial charge is 0.416 e. The summed E-state index contributed by atoms with van der Waals surface area (Å²) in [5.74, 6) is -0.852. The number of alkyl halides is 3. The molecule has 0 saturated heterocycles. The molecule has 0 aliphatic rings. The van der Waals surface area contributed by atoms with Gasteiger partial charge in [0.2, 0.25) is 0 Å². The first-order chi connectivity index (χ1) is 11.9. The molecule has 1 N–H and O–H groups in total. The van der Waals surface area contributed by atoms with Gasteiger partial charge in [-0.3, -0.25) is 9.78 Å². The Bertz CT molecular complexity index is 740. The molecule has 0 saturated carbocycles. The van der Waals surface area contributed by atoms with Gasteiger partial charge < -0.3 is 5.11 Å². The van der Waals surface area contributed by atoms with Crippen LogP contribution in [0.2, 0.25) is 0 Å². The van der Waals surface area contributed by atoms with E-state index in [9.17, 15) is 18.0 Å². The normalized spacial score (nSPS) is 12.2. The number of carboxylic acids is 1. The van der Waals surface area contributed by atoms with Crippen molar-refractivity contribution in [2.45, 2.75) is 31.9 Å². The largest absolute Gasteiger partial charge is 0.481 e. The van der Waals surface area contributed by atoms with E-state index in [4.69, 9.17) is 5.11 Å². The second kappa shape index (κ2) is 8.46. The summed E-state index contributed by atoms with van der Waals surface area (Å²) in [7, 11) is 0. The molecule has 0 spiro atoms. The van der Waals surface area contributed by atoms with Crippen LogP contribution >= 0.6 is 0 Å². The molecule has 1 aromatic carbocycles. The third-order valence-electron chi connectivity index (χ3n) is 3.67. The predicted molar refractivity (Wildman–Crippen MR) is 88.9 cm³/mol. The number of hydrogen-bond donors (Lipinski definition) is 1. The van der Waals surface area contributed by atoms with Crippen LogP contribution in [0.25, 0.3) is 5.57 Å². The van der Waals surface area contributed by atoms with Gasteiger partial charge in [0, 0.05) is 24.4 Å². The van der Waals surface area contributed by atoms with Gasteiger partial charge in [-0.05, 0) is 48.6 Å². The molecule has 3 nitrogen and oxygen atoms in total. The van der Waals surface area contributed by atoms with Gasteiger partial charge >= 0.3 is 12.1 Å². The maximum absolute atomic E-state index is 13.0. The van der Waals surface area contributed by atoms with Crippen molar-refractivity contribution in [2.75, 3.05) is 0 Å². The number of hydrogen-bond acceptors (Lipinski definition) is 2. The van der Waals surface area contributed by atoms with Crippen molar-refractivity contribution >= 4 is 11.5 Å². The van der Waals surface area contributed by atoms with Crippen LogP contribution in [0.5, 0.6) is 0 Å². The van der Waals surface area contributed by atoms with Crippen molar-refractivity contribution < 1.29 is 23.1 Å². The molecule has 25 heavy (non-hydrogen) atoms. The van der Waals surface area contributed by atoms with Gasteiger partial charge in [0.05, 0.1) is 5.56 Å². The number of nitrogens with zero attached hydrogens (tertiary/aromatic N) is 1. The summed E-state index contributed by atoms with van der Waals surface area (Å²) < 4.78 is 38.9. The number of rotatable bonds is 7. The van der Waals surface area contributed by atoms with E-state index >= 15 is 0 Å². The zero-order chi connectivity index (χ0) is 18.3. The average Bonchev–Trinajstić information content (AvgIpc) is 2.58. The number of aliphatic carboxylic acids is 1. The average molecular weight is 349 g/mol. The van der Waals surface area contributed by atoms with Gasteiger partial charge in [-0.1, -0.05) is 24.3 Å². The summed E-state index contributed by atoms with van der Waals surface area (Å²) >= 11 is 0. The number of halogens is 3. The van der Waals surface area contributed by atoms with E-state index in [2.05, 4.69) is 4.98 Å². The minimum atomic E-state index is -4.41. The van der Waals surface area contributed by atoms with Gasteiger partial charge in [0.25, 0.3) is 0 Å². The zero-order valence-corrected chi connectivity index (χ0v) is 13.5. The fourth-order valence-corrected chi connectivity index (χ4v) is 2.45. The monoisotopic (exact) mass is 349 g/mol. The van der Waals surface area contributed by atoms with Gasteiger partial charge in [-0.15, -0.1) is 0 Å². The highest BCUT2D eigenvalue weighted by Crippen LogP contribution is 2.32. The van der Waals surface area contributed by atoms with Crippen LogP contribution in [0.3, 0.4) is 0 Å². The molecule has 1 heterocycles. The zero-order valence-electron chi connectivity index (χ0n) is 13.5. The number of allylic oxidation sites excluding steroid dienone is 1. The highest BCUT2D eigenvalue weighted by molar-refractivity contribution is 5.79. The number of benzene rings is 1. The Kier molecular flexibility index (Phi) is 6.33. The predicted octanol–water partition coefficient (Wildman–Crippen LogP) is 5.18. The van der Waals surface area contributed by atoms with Crippen LogP contribution in [-0.2, 0) is 11.0 Å². The van der Waals surface area contributed by atoms with Crippen molar-refractivity contribution in [3.63, 3.8) is 0 Å². The lowest BCUT2D eigenvalue weighted by Gasteiger charge is -2.12. The molecule has 6 heteroatoms. The molecule has 0 bridgehead atoms. The third kappa shape index (κ3) is 5.74. The third-order valence-corrected chi connectivity index (χ3v) is 3.67. The van der Waals surface area contributed by atoms with E-state index in [1.54, 1.807) is 30.6 Å². The maximum Gasteiger partial charge on any atom is 0.416 e. The highest BCUT2D eigenvalue weighted by atomic mass is 19.4. The van der Waals surface area contributed by atoms with Crippen LogP contribution in [0.1, 0.15) is 42.4 Å². The molecule has 0 radical (unpaired) electrons. The van der Waals surface area contributed by atoms with E-state index in [1.165, 1.54) is 6.07 Å². The van der Waals surface area contributed by atoms with Gasteiger partial charge in [-0.2, -0.15) is 13.2 Å². The van der Waals surface area contributed by atoms with Crippen LogP contribution in [0, 0.1) is 0 Å². The van der Waals surface area contributed by atoms with Crippen LogP contribution in [0.4, 0.5) is 13.2 Å². The topological polar surface area (TPSA) is 50.2 Å². The quantitative estimate of drug-likeness (QED) is 0.701. The number of aromatic nitrogens is 1. The highest BCUT2D eigenvalue weighted by Gasteiger charge is 2.30. The van der Waals surface area contributed by atoms with Crippen molar-refractivity contribution in [1.29, 1.82) is 0 Å². The number of carbonyl (C=O) groups is 1. The maximum atomic E-state index is 13.0. The molecular weight excluding hydrogens is 331 g/mol. The Hall–Kier alpha value is -2.63. The summed E-state index contributed by atoms with van der Waals surface area (Å²) in [6.07, 6.45) is 2.46. The van der Waals surface area contributed by atoms with Crippen molar-refractivity contribution in [3.8, 4) is 0 Å². The molecule has 0 fully saturated rings. The summed E-state index contributed by atoms with van der Waals surface area (Å²) in [5.41, 5.74) is 1.14. The first-order valence-electron chi connectivity index (χ1n) is 7.88. The van der Waals surface area contributed by atoms with Crippen molar-refractivity contribution in [2.24, 2.45) is 0 Å². The second-order valence-electron chi connectivity index (χ2n) is 5.58. The molecule has 0 aliphatic carbocycles. The van der Waals surface area contributed by atoms with Crippen LogP contribution < -0.4 is 0 Å². The summed E-state index contributed by atoms with van der Waals surface area (Å²) in [6.45, 7) is 0. The summed E-state index contributed by atoms with van der Waals surface area (Å²) in [5, 5.41) is 8.65. The Morgan fingerprint density at radius 3 is 2.52 bits per heavy atom. The van der Waals surface area contributed by atoms with Crippen molar-refractivity contribution in [1.82, 2.24) is 4.98 Å².